The minimum Gasteiger partial charge on any atom is -0.292 e. The number of aromatic nitrogens is 2. The van der Waals surface area contributed by atoms with Gasteiger partial charge in [0.15, 0.2) is 0 Å². The minimum absolute atomic E-state index is 0.922. The van der Waals surface area contributed by atoms with Gasteiger partial charge in [-0.15, -0.1) is 0 Å². The van der Waals surface area contributed by atoms with E-state index in [2.05, 4.69) is 175 Å². The SMILES string of the molecule is C=Cc1c(C=C)n2c3ccc(-c4c5ccccc5c(-c5ccc6ccccc6c5)c5ccc(-c6ccccc6)cc45)cc3nc2c2ccccc12. The summed E-state index contributed by atoms with van der Waals surface area (Å²) in [5.41, 5.74) is 12.2. The van der Waals surface area contributed by atoms with Crippen LogP contribution in [-0.2, 0) is 0 Å². The molecule has 0 atom stereocenters. The third kappa shape index (κ3) is 4.40. The van der Waals surface area contributed by atoms with Crippen molar-refractivity contribution in [1.82, 2.24) is 9.38 Å². The van der Waals surface area contributed by atoms with Crippen molar-refractivity contribution in [2.24, 2.45) is 0 Å². The van der Waals surface area contributed by atoms with E-state index in [9.17, 15) is 0 Å². The predicted molar refractivity (Wildman–Crippen MR) is 219 cm³/mol. The van der Waals surface area contributed by atoms with Gasteiger partial charge in [0.25, 0.3) is 0 Å². The number of fused-ring (bicyclic) bond motifs is 8. The fraction of sp³-hybridized carbons (Fsp3) is 0. The fourth-order valence-electron chi connectivity index (χ4n) is 8.20. The molecule has 0 fully saturated rings. The maximum Gasteiger partial charge on any atom is 0.146 e. The summed E-state index contributed by atoms with van der Waals surface area (Å²) in [6.45, 7) is 8.37. The maximum absolute atomic E-state index is 5.31. The van der Waals surface area contributed by atoms with Gasteiger partial charge in [-0.05, 0) is 101 Å². The maximum atomic E-state index is 5.31. The van der Waals surface area contributed by atoms with E-state index in [0.29, 0.717) is 0 Å². The highest BCUT2D eigenvalue weighted by atomic mass is 15.0. The van der Waals surface area contributed by atoms with Crippen LogP contribution in [0.3, 0.4) is 0 Å². The van der Waals surface area contributed by atoms with Crippen molar-refractivity contribution in [2.75, 3.05) is 0 Å². The highest BCUT2D eigenvalue weighted by Gasteiger charge is 2.20. The van der Waals surface area contributed by atoms with Crippen LogP contribution in [0.25, 0.3) is 105 Å². The summed E-state index contributed by atoms with van der Waals surface area (Å²) < 4.78 is 2.23. The molecule has 238 valence electrons. The van der Waals surface area contributed by atoms with Crippen LogP contribution in [-0.4, -0.2) is 9.38 Å². The Balaban J connectivity index is 1.31. The van der Waals surface area contributed by atoms with Crippen molar-refractivity contribution in [1.29, 1.82) is 0 Å². The number of hydrogen-bond acceptors (Lipinski definition) is 1. The zero-order valence-electron chi connectivity index (χ0n) is 28.0. The molecule has 0 aliphatic rings. The van der Waals surface area contributed by atoms with Gasteiger partial charge in [0.1, 0.15) is 5.65 Å². The molecule has 0 bridgehead atoms. The van der Waals surface area contributed by atoms with Crippen molar-refractivity contribution in [2.45, 2.75) is 0 Å². The first-order valence-electron chi connectivity index (χ1n) is 17.4. The van der Waals surface area contributed by atoms with Gasteiger partial charge in [-0.25, -0.2) is 4.98 Å². The molecule has 10 rings (SSSR count). The number of benzene rings is 8. The van der Waals surface area contributed by atoms with Crippen LogP contribution in [0.2, 0.25) is 0 Å². The number of hydrogen-bond donors (Lipinski definition) is 0. The molecule has 8 aromatic carbocycles. The molecule has 0 unspecified atom stereocenters. The molecule has 2 heteroatoms. The zero-order chi connectivity index (χ0) is 34.1. The molecule has 0 aliphatic carbocycles. The van der Waals surface area contributed by atoms with E-state index in [1.54, 1.807) is 0 Å². The molecule has 0 spiro atoms. The van der Waals surface area contributed by atoms with Crippen LogP contribution < -0.4 is 0 Å². The Morgan fingerprint density at radius 3 is 1.80 bits per heavy atom. The Bertz CT molecular complexity index is 3050. The normalized spacial score (nSPS) is 11.7. The molecule has 2 aromatic heterocycles. The van der Waals surface area contributed by atoms with Crippen LogP contribution in [0.1, 0.15) is 11.3 Å². The van der Waals surface area contributed by atoms with Crippen LogP contribution in [0.5, 0.6) is 0 Å². The van der Waals surface area contributed by atoms with E-state index >= 15 is 0 Å². The minimum atomic E-state index is 0.922. The van der Waals surface area contributed by atoms with E-state index in [0.717, 1.165) is 44.3 Å². The van der Waals surface area contributed by atoms with Crippen molar-refractivity contribution in [3.05, 3.63) is 182 Å². The molecule has 0 N–H and O–H groups in total. The van der Waals surface area contributed by atoms with Gasteiger partial charge >= 0.3 is 0 Å². The number of pyridine rings is 1. The van der Waals surface area contributed by atoms with Crippen LogP contribution >= 0.6 is 0 Å². The average Bonchev–Trinajstić information content (AvgIpc) is 3.58. The summed E-state index contributed by atoms with van der Waals surface area (Å²) in [5, 5.41) is 9.59. The van der Waals surface area contributed by atoms with Gasteiger partial charge < -0.3 is 0 Å². The third-order valence-corrected chi connectivity index (χ3v) is 10.5. The third-order valence-electron chi connectivity index (χ3n) is 10.5. The smallest absolute Gasteiger partial charge is 0.146 e. The van der Waals surface area contributed by atoms with Gasteiger partial charge in [0, 0.05) is 10.9 Å². The number of imidazole rings is 1. The second kappa shape index (κ2) is 11.4. The summed E-state index contributed by atoms with van der Waals surface area (Å²) in [5.74, 6) is 0. The zero-order valence-corrected chi connectivity index (χ0v) is 28.0. The van der Waals surface area contributed by atoms with Crippen molar-refractivity contribution in [3.63, 3.8) is 0 Å². The molecule has 2 nitrogen and oxygen atoms in total. The molecule has 0 saturated heterocycles. The molecular weight excluding hydrogens is 617 g/mol. The Hall–Kier alpha value is -6.77. The molecular formula is C49H32N2. The summed E-state index contributed by atoms with van der Waals surface area (Å²) in [6.07, 6.45) is 3.85. The highest BCUT2D eigenvalue weighted by Crippen LogP contribution is 2.46. The van der Waals surface area contributed by atoms with Gasteiger partial charge in [0.05, 0.1) is 16.7 Å². The van der Waals surface area contributed by atoms with E-state index < -0.39 is 0 Å². The first-order chi connectivity index (χ1) is 25.2. The molecule has 51 heavy (non-hydrogen) atoms. The molecule has 2 heterocycles. The van der Waals surface area contributed by atoms with Gasteiger partial charge in [-0.1, -0.05) is 153 Å². The standard InChI is InChI=1S/C49H32N2/c1-3-37-38-18-10-13-21-42(38)49-50-44-30-36(25-27-46(44)51(49)45(37)4-2)48-40-20-12-11-19-39(40)47(35-23-22-32-16-8-9-17-33(32)28-35)41-26-24-34(29-43(41)48)31-14-6-5-7-15-31/h3-30H,1-2H2. The monoisotopic (exact) mass is 648 g/mol. The van der Waals surface area contributed by atoms with E-state index in [1.807, 2.05) is 12.2 Å². The molecule has 0 amide bonds. The lowest BCUT2D eigenvalue weighted by molar-refractivity contribution is 1.21. The van der Waals surface area contributed by atoms with Gasteiger partial charge in [0.2, 0.25) is 0 Å². The molecule has 0 saturated carbocycles. The van der Waals surface area contributed by atoms with E-state index in [1.165, 1.54) is 60.1 Å². The summed E-state index contributed by atoms with van der Waals surface area (Å²) in [4.78, 5) is 5.31. The predicted octanol–water partition coefficient (Wildman–Crippen LogP) is 13.4. The summed E-state index contributed by atoms with van der Waals surface area (Å²) >= 11 is 0. The lowest BCUT2D eigenvalue weighted by Gasteiger charge is -2.19. The fourth-order valence-corrected chi connectivity index (χ4v) is 8.20. The van der Waals surface area contributed by atoms with Crippen molar-refractivity contribution in [3.8, 4) is 33.4 Å². The first-order valence-corrected chi connectivity index (χ1v) is 17.4. The Labute approximate surface area is 295 Å². The Morgan fingerprint density at radius 2 is 1.04 bits per heavy atom. The van der Waals surface area contributed by atoms with E-state index in [-0.39, 0.29) is 0 Å². The second-order valence-electron chi connectivity index (χ2n) is 13.2. The lowest BCUT2D eigenvalue weighted by atomic mass is 9.84. The number of rotatable bonds is 5. The topological polar surface area (TPSA) is 17.3 Å². The lowest BCUT2D eigenvalue weighted by Crippen LogP contribution is -1.97. The average molecular weight is 649 g/mol. The second-order valence-corrected chi connectivity index (χ2v) is 13.2. The van der Waals surface area contributed by atoms with Gasteiger partial charge in [-0.2, -0.15) is 0 Å². The van der Waals surface area contributed by atoms with Crippen molar-refractivity contribution >= 4 is 71.9 Å². The quantitative estimate of drug-likeness (QED) is 0.170. The Morgan fingerprint density at radius 1 is 0.431 bits per heavy atom. The van der Waals surface area contributed by atoms with Gasteiger partial charge in [-0.3, -0.25) is 4.40 Å². The molecule has 0 aliphatic heterocycles. The van der Waals surface area contributed by atoms with Crippen LogP contribution in [0.15, 0.2) is 171 Å². The summed E-state index contributed by atoms with van der Waals surface area (Å²) in [7, 11) is 0. The van der Waals surface area contributed by atoms with Crippen LogP contribution in [0.4, 0.5) is 0 Å². The van der Waals surface area contributed by atoms with Crippen LogP contribution in [0, 0.1) is 0 Å². The molecule has 10 aromatic rings. The first kappa shape index (κ1) is 29.2. The molecule has 0 radical (unpaired) electrons. The summed E-state index contributed by atoms with van der Waals surface area (Å²) in [6, 6.07) is 57.1. The largest absolute Gasteiger partial charge is 0.292 e. The Kier molecular flexibility index (Phi) is 6.52. The van der Waals surface area contributed by atoms with Crippen molar-refractivity contribution < 1.29 is 0 Å². The van der Waals surface area contributed by atoms with E-state index in [4.69, 9.17) is 4.98 Å². The number of nitrogens with zero attached hydrogens (tertiary/aromatic N) is 2. The highest BCUT2D eigenvalue weighted by molar-refractivity contribution is 6.22.